The molecule has 26 heavy (non-hydrogen) atoms. The number of amides is 1. The fraction of sp³-hybridized carbons (Fsp3) is 0.455. The first-order valence-corrected chi connectivity index (χ1v) is 9.77. The number of aromatic nitrogens is 2. The van der Waals surface area contributed by atoms with Crippen LogP contribution in [0.15, 0.2) is 42.5 Å². The molecule has 2 aromatic rings. The van der Waals surface area contributed by atoms with E-state index in [1.165, 1.54) is 31.4 Å². The molecule has 1 aromatic heterocycles. The van der Waals surface area contributed by atoms with Crippen molar-refractivity contribution in [2.24, 2.45) is 7.05 Å². The summed E-state index contributed by atoms with van der Waals surface area (Å²) in [7, 11) is 2.02. The van der Waals surface area contributed by atoms with Gasteiger partial charge in [0.1, 0.15) is 0 Å². The molecular weight excluding hydrogens is 322 g/mol. The summed E-state index contributed by atoms with van der Waals surface area (Å²) in [6, 6.07) is 12.6. The zero-order chi connectivity index (χ0) is 17.9. The molecule has 0 atom stereocenters. The van der Waals surface area contributed by atoms with Gasteiger partial charge in [-0.1, -0.05) is 43.2 Å². The summed E-state index contributed by atoms with van der Waals surface area (Å²) in [5, 5.41) is 4.68. The highest BCUT2D eigenvalue weighted by Crippen LogP contribution is 2.40. The van der Waals surface area contributed by atoms with E-state index in [-0.39, 0.29) is 5.91 Å². The maximum Gasteiger partial charge on any atom is 0.247 e. The van der Waals surface area contributed by atoms with E-state index in [0.29, 0.717) is 18.5 Å². The first-order valence-electron chi connectivity index (χ1n) is 9.77. The molecule has 0 bridgehead atoms. The van der Waals surface area contributed by atoms with Gasteiger partial charge in [-0.05, 0) is 43.4 Å². The van der Waals surface area contributed by atoms with Gasteiger partial charge in [0, 0.05) is 30.8 Å². The minimum atomic E-state index is 0.0966. The fourth-order valence-electron chi connectivity index (χ4n) is 3.99. The number of benzene rings is 1. The highest BCUT2D eigenvalue weighted by atomic mass is 16.2. The normalized spacial score (nSPS) is 17.9. The van der Waals surface area contributed by atoms with Gasteiger partial charge in [-0.15, -0.1) is 0 Å². The van der Waals surface area contributed by atoms with Crippen molar-refractivity contribution in [1.82, 2.24) is 14.7 Å². The molecular formula is C22H27N3O. The topological polar surface area (TPSA) is 38.1 Å². The quantitative estimate of drug-likeness (QED) is 0.730. The van der Waals surface area contributed by atoms with E-state index in [2.05, 4.69) is 11.2 Å². The van der Waals surface area contributed by atoms with E-state index >= 15 is 0 Å². The van der Waals surface area contributed by atoms with E-state index in [0.717, 1.165) is 24.1 Å². The van der Waals surface area contributed by atoms with Crippen molar-refractivity contribution in [1.29, 1.82) is 0 Å². The maximum atomic E-state index is 13.0. The zero-order valence-corrected chi connectivity index (χ0v) is 15.5. The number of nitrogens with zero attached hydrogens (tertiary/aromatic N) is 3. The number of carbonyl (C=O) groups is 1. The van der Waals surface area contributed by atoms with Crippen LogP contribution in [0.1, 0.15) is 61.4 Å². The standard InChI is InChI=1S/C22H27N3O/c1-24-21(18-12-13-18)15-19(23-24)16-25(20-9-5-6-10-20)22(26)14-11-17-7-3-2-4-8-17/h2-4,7-8,11,14-15,18,20H,5-6,9-10,12-13,16H2,1H3. The van der Waals surface area contributed by atoms with Crippen LogP contribution >= 0.6 is 0 Å². The van der Waals surface area contributed by atoms with E-state index < -0.39 is 0 Å². The molecule has 2 aliphatic rings. The van der Waals surface area contributed by atoms with Crippen molar-refractivity contribution >= 4 is 12.0 Å². The summed E-state index contributed by atoms with van der Waals surface area (Å²) >= 11 is 0. The van der Waals surface area contributed by atoms with Gasteiger partial charge in [0.25, 0.3) is 0 Å². The van der Waals surface area contributed by atoms with Crippen LogP contribution < -0.4 is 0 Å². The Morgan fingerprint density at radius 2 is 1.92 bits per heavy atom. The summed E-state index contributed by atoms with van der Waals surface area (Å²) in [4.78, 5) is 15.0. The lowest BCUT2D eigenvalue weighted by atomic mass is 10.1. The van der Waals surface area contributed by atoms with E-state index in [4.69, 9.17) is 0 Å². The third-order valence-corrected chi connectivity index (χ3v) is 5.56. The van der Waals surface area contributed by atoms with Crippen LogP contribution in [-0.4, -0.2) is 26.6 Å². The van der Waals surface area contributed by atoms with Gasteiger partial charge in [-0.2, -0.15) is 5.10 Å². The van der Waals surface area contributed by atoms with E-state index in [1.54, 1.807) is 6.08 Å². The molecule has 1 aromatic carbocycles. The lowest BCUT2D eigenvalue weighted by molar-refractivity contribution is -0.128. The highest BCUT2D eigenvalue weighted by Gasteiger charge is 2.29. The van der Waals surface area contributed by atoms with Crippen LogP contribution in [0.2, 0.25) is 0 Å². The van der Waals surface area contributed by atoms with Gasteiger partial charge < -0.3 is 4.90 Å². The van der Waals surface area contributed by atoms with Crippen LogP contribution in [0.3, 0.4) is 0 Å². The Morgan fingerprint density at radius 3 is 2.62 bits per heavy atom. The third kappa shape index (κ3) is 3.90. The van der Waals surface area contributed by atoms with Crippen molar-refractivity contribution in [3.05, 3.63) is 59.4 Å². The molecule has 0 unspecified atom stereocenters. The van der Waals surface area contributed by atoms with E-state index in [1.807, 2.05) is 53.0 Å². The molecule has 0 saturated heterocycles. The second-order valence-corrected chi connectivity index (χ2v) is 7.61. The second kappa shape index (κ2) is 7.48. The summed E-state index contributed by atoms with van der Waals surface area (Å²) in [6.07, 6.45) is 10.8. The van der Waals surface area contributed by atoms with Crippen molar-refractivity contribution in [3.8, 4) is 0 Å². The summed E-state index contributed by atoms with van der Waals surface area (Å²) in [5.41, 5.74) is 3.39. The largest absolute Gasteiger partial charge is 0.330 e. The number of hydrogen-bond donors (Lipinski definition) is 0. The lowest BCUT2D eigenvalue weighted by Gasteiger charge is -2.27. The fourth-order valence-corrected chi connectivity index (χ4v) is 3.99. The van der Waals surface area contributed by atoms with Crippen molar-refractivity contribution in [2.75, 3.05) is 0 Å². The molecule has 1 amide bonds. The first kappa shape index (κ1) is 17.1. The second-order valence-electron chi connectivity index (χ2n) is 7.61. The molecule has 2 saturated carbocycles. The molecule has 0 radical (unpaired) electrons. The number of carbonyl (C=O) groups excluding carboxylic acids is 1. The van der Waals surface area contributed by atoms with Gasteiger partial charge in [0.15, 0.2) is 0 Å². The summed E-state index contributed by atoms with van der Waals surface area (Å²) in [5.74, 6) is 0.772. The number of aryl methyl sites for hydroxylation is 1. The average Bonchev–Trinajstić information content (AvgIpc) is 3.22. The molecule has 0 aliphatic heterocycles. The van der Waals surface area contributed by atoms with Gasteiger partial charge in [0.05, 0.1) is 12.2 Å². The molecule has 2 aliphatic carbocycles. The average molecular weight is 349 g/mol. The molecule has 1 heterocycles. The molecule has 4 rings (SSSR count). The van der Waals surface area contributed by atoms with Gasteiger partial charge in [-0.3, -0.25) is 9.48 Å². The van der Waals surface area contributed by atoms with Crippen molar-refractivity contribution in [3.63, 3.8) is 0 Å². The van der Waals surface area contributed by atoms with Gasteiger partial charge >= 0.3 is 0 Å². The smallest absolute Gasteiger partial charge is 0.247 e. The van der Waals surface area contributed by atoms with Crippen LogP contribution in [0.4, 0.5) is 0 Å². The molecule has 0 spiro atoms. The van der Waals surface area contributed by atoms with Crippen molar-refractivity contribution in [2.45, 2.75) is 57.0 Å². The Labute approximate surface area is 155 Å². The predicted molar refractivity (Wildman–Crippen MR) is 103 cm³/mol. The van der Waals surface area contributed by atoms with Crippen LogP contribution in [-0.2, 0) is 18.4 Å². The van der Waals surface area contributed by atoms with Crippen molar-refractivity contribution < 1.29 is 4.79 Å². The van der Waals surface area contributed by atoms with Crippen LogP contribution in [0.25, 0.3) is 6.08 Å². The number of rotatable bonds is 6. The first-order chi connectivity index (χ1) is 12.7. The van der Waals surface area contributed by atoms with E-state index in [9.17, 15) is 4.79 Å². The SMILES string of the molecule is Cn1nc(CN(C(=O)C=Cc2ccccc2)C2CCCC2)cc1C1CC1. The number of hydrogen-bond acceptors (Lipinski definition) is 2. The highest BCUT2D eigenvalue weighted by molar-refractivity contribution is 5.92. The Morgan fingerprint density at radius 1 is 1.19 bits per heavy atom. The molecule has 2 fully saturated rings. The van der Waals surface area contributed by atoms with Crippen LogP contribution in [0.5, 0.6) is 0 Å². The Hall–Kier alpha value is -2.36. The summed E-state index contributed by atoms with van der Waals surface area (Å²) < 4.78 is 2.00. The summed E-state index contributed by atoms with van der Waals surface area (Å²) in [6.45, 7) is 0.614. The third-order valence-electron chi connectivity index (χ3n) is 5.56. The molecule has 136 valence electrons. The Kier molecular flexibility index (Phi) is 4.91. The maximum absolute atomic E-state index is 13.0. The Bertz CT molecular complexity index is 783. The van der Waals surface area contributed by atoms with Gasteiger partial charge in [-0.25, -0.2) is 0 Å². The monoisotopic (exact) mass is 349 g/mol. The van der Waals surface area contributed by atoms with Crippen LogP contribution in [0, 0.1) is 0 Å². The molecule has 4 nitrogen and oxygen atoms in total. The molecule has 4 heteroatoms. The predicted octanol–water partition coefficient (Wildman–Crippen LogP) is 4.28. The minimum absolute atomic E-state index is 0.0966. The van der Waals surface area contributed by atoms with Gasteiger partial charge in [0.2, 0.25) is 5.91 Å². The zero-order valence-electron chi connectivity index (χ0n) is 15.5. The minimum Gasteiger partial charge on any atom is -0.330 e. The lowest BCUT2D eigenvalue weighted by Crippen LogP contribution is -2.37. The Balaban J connectivity index is 1.51. The molecule has 0 N–H and O–H groups in total.